The van der Waals surface area contributed by atoms with Crippen molar-refractivity contribution in [2.45, 2.75) is 48.5 Å². The molecule has 0 unspecified atom stereocenters. The van der Waals surface area contributed by atoms with Gasteiger partial charge in [-0.1, -0.05) is 24.3 Å². The van der Waals surface area contributed by atoms with Gasteiger partial charge in [0.25, 0.3) is 0 Å². The van der Waals surface area contributed by atoms with Crippen molar-refractivity contribution in [3.05, 3.63) is 61.8 Å². The van der Waals surface area contributed by atoms with E-state index in [4.69, 9.17) is 0 Å². The summed E-state index contributed by atoms with van der Waals surface area (Å²) in [5, 5.41) is 0. The van der Waals surface area contributed by atoms with E-state index in [-0.39, 0.29) is 0 Å². The second-order valence-electron chi connectivity index (χ2n) is 5.39. The predicted octanol–water partition coefficient (Wildman–Crippen LogP) is 6.32. The van der Waals surface area contributed by atoms with Crippen molar-refractivity contribution >= 4 is 17.4 Å². The first-order valence-electron chi connectivity index (χ1n) is 7.09. The maximum absolute atomic E-state index is 2.24. The molecule has 0 amide bonds. The minimum atomic E-state index is 1.33. The summed E-state index contributed by atoms with van der Waals surface area (Å²) in [6, 6.07) is 6.70. The molecule has 0 spiro atoms. The standard InChI is InChI=1S/C12H16.C7H10S/c1-5-6-12-8-10(3)9(2)7-11(12)4;1-5-4-6(2)8-7(5)3/h5-8H,1-4H3;4H,1-3H3/b6-5+;. The Balaban J connectivity index is 0.000000217. The molecule has 108 valence electrons. The molecule has 1 aromatic heterocycles. The van der Waals surface area contributed by atoms with Crippen molar-refractivity contribution in [2.75, 3.05) is 0 Å². The fourth-order valence-corrected chi connectivity index (χ4v) is 3.04. The molecule has 20 heavy (non-hydrogen) atoms. The second-order valence-corrected chi connectivity index (χ2v) is 6.85. The summed E-state index contributed by atoms with van der Waals surface area (Å²) in [6.45, 7) is 15.0. The van der Waals surface area contributed by atoms with Gasteiger partial charge >= 0.3 is 0 Å². The largest absolute Gasteiger partial charge is 0.146 e. The summed E-state index contributed by atoms with van der Waals surface area (Å²) in [5.41, 5.74) is 6.86. The van der Waals surface area contributed by atoms with Crippen LogP contribution in [0.2, 0.25) is 0 Å². The second kappa shape index (κ2) is 7.44. The molecule has 0 atom stereocenters. The van der Waals surface area contributed by atoms with Gasteiger partial charge in [0.2, 0.25) is 0 Å². The molecule has 2 aromatic rings. The molecule has 0 fully saturated rings. The van der Waals surface area contributed by atoms with Crippen LogP contribution in [-0.2, 0) is 0 Å². The van der Waals surface area contributed by atoms with E-state index in [1.54, 1.807) is 0 Å². The van der Waals surface area contributed by atoms with E-state index in [9.17, 15) is 0 Å². The van der Waals surface area contributed by atoms with E-state index < -0.39 is 0 Å². The van der Waals surface area contributed by atoms with Gasteiger partial charge in [-0.15, -0.1) is 11.3 Å². The Kier molecular flexibility index (Phi) is 6.22. The highest BCUT2D eigenvalue weighted by Gasteiger charge is 1.97. The van der Waals surface area contributed by atoms with E-state index in [0.717, 1.165) is 0 Å². The Morgan fingerprint density at radius 2 is 1.35 bits per heavy atom. The summed E-state index contributed by atoms with van der Waals surface area (Å²) >= 11 is 1.87. The summed E-state index contributed by atoms with van der Waals surface area (Å²) < 4.78 is 0. The highest BCUT2D eigenvalue weighted by atomic mass is 32.1. The van der Waals surface area contributed by atoms with Gasteiger partial charge < -0.3 is 0 Å². The van der Waals surface area contributed by atoms with Crippen LogP contribution in [0.1, 0.15) is 44.5 Å². The summed E-state index contributed by atoms with van der Waals surface area (Å²) in [6.07, 6.45) is 4.23. The van der Waals surface area contributed by atoms with Gasteiger partial charge in [-0.25, -0.2) is 0 Å². The van der Waals surface area contributed by atoms with Crippen molar-refractivity contribution in [1.82, 2.24) is 0 Å². The lowest BCUT2D eigenvalue weighted by Crippen LogP contribution is -1.86. The van der Waals surface area contributed by atoms with Crippen LogP contribution in [0.25, 0.3) is 6.08 Å². The molecule has 2 rings (SSSR count). The Morgan fingerprint density at radius 1 is 0.750 bits per heavy atom. The van der Waals surface area contributed by atoms with Crippen molar-refractivity contribution < 1.29 is 0 Å². The SMILES string of the molecule is C/C=C/c1cc(C)c(C)cc1C.Cc1cc(C)c(C)s1. The number of hydrogen-bond acceptors (Lipinski definition) is 1. The summed E-state index contributed by atoms with van der Waals surface area (Å²) in [5.74, 6) is 0. The quantitative estimate of drug-likeness (QED) is 0.575. The number of allylic oxidation sites excluding steroid dienone is 1. The normalized spacial score (nSPS) is 10.6. The number of rotatable bonds is 1. The first kappa shape index (κ1) is 16.7. The average Bonchev–Trinajstić information content (AvgIpc) is 2.64. The van der Waals surface area contributed by atoms with Gasteiger partial charge in [0.15, 0.2) is 0 Å². The van der Waals surface area contributed by atoms with Crippen LogP contribution in [0.5, 0.6) is 0 Å². The molecule has 0 N–H and O–H groups in total. The van der Waals surface area contributed by atoms with Crippen molar-refractivity contribution in [3.63, 3.8) is 0 Å². The van der Waals surface area contributed by atoms with Crippen molar-refractivity contribution in [2.24, 2.45) is 0 Å². The zero-order chi connectivity index (χ0) is 15.3. The van der Waals surface area contributed by atoms with E-state index in [0.29, 0.717) is 0 Å². The molecule has 0 aliphatic heterocycles. The Bertz CT molecular complexity index is 581. The van der Waals surface area contributed by atoms with Gasteiger partial charge in [0.1, 0.15) is 0 Å². The molecule has 0 nitrogen and oxygen atoms in total. The van der Waals surface area contributed by atoms with Crippen LogP contribution in [0.4, 0.5) is 0 Å². The lowest BCUT2D eigenvalue weighted by molar-refractivity contribution is 1.29. The molecule has 0 aliphatic carbocycles. The molecule has 1 heterocycles. The Hall–Kier alpha value is -1.34. The third kappa shape index (κ3) is 4.64. The highest BCUT2D eigenvalue weighted by molar-refractivity contribution is 7.12. The van der Waals surface area contributed by atoms with Crippen molar-refractivity contribution in [3.8, 4) is 0 Å². The predicted molar refractivity (Wildman–Crippen MR) is 93.9 cm³/mol. The van der Waals surface area contributed by atoms with Gasteiger partial charge in [0, 0.05) is 9.75 Å². The summed E-state index contributed by atoms with van der Waals surface area (Å²) in [7, 11) is 0. The number of aryl methyl sites for hydroxylation is 6. The molecular weight excluding hydrogens is 260 g/mol. The first-order chi connectivity index (χ1) is 9.35. The molecule has 0 bridgehead atoms. The third-order valence-corrected chi connectivity index (χ3v) is 4.59. The zero-order valence-corrected chi connectivity index (χ0v) is 14.6. The van der Waals surface area contributed by atoms with E-state index >= 15 is 0 Å². The molecular formula is C19H26S. The molecule has 1 aromatic carbocycles. The minimum Gasteiger partial charge on any atom is -0.146 e. The lowest BCUT2D eigenvalue weighted by atomic mass is 10.0. The minimum absolute atomic E-state index is 1.33. The maximum Gasteiger partial charge on any atom is 0.00462 e. The monoisotopic (exact) mass is 286 g/mol. The fourth-order valence-electron chi connectivity index (χ4n) is 2.10. The van der Waals surface area contributed by atoms with Crippen LogP contribution in [0, 0.1) is 41.5 Å². The Morgan fingerprint density at radius 3 is 1.75 bits per heavy atom. The average molecular weight is 286 g/mol. The Labute approximate surface area is 128 Å². The maximum atomic E-state index is 2.24. The van der Waals surface area contributed by atoms with Gasteiger partial charge in [-0.3, -0.25) is 0 Å². The zero-order valence-electron chi connectivity index (χ0n) is 13.8. The molecule has 1 heteroatoms. The van der Waals surface area contributed by atoms with Gasteiger partial charge in [-0.2, -0.15) is 0 Å². The number of benzene rings is 1. The van der Waals surface area contributed by atoms with E-state index in [1.807, 2.05) is 11.3 Å². The topological polar surface area (TPSA) is 0 Å². The number of hydrogen-bond donors (Lipinski definition) is 0. The van der Waals surface area contributed by atoms with Crippen LogP contribution in [0.3, 0.4) is 0 Å². The van der Waals surface area contributed by atoms with Gasteiger partial charge in [-0.05, 0) is 82.3 Å². The first-order valence-corrected chi connectivity index (χ1v) is 7.91. The third-order valence-electron chi connectivity index (χ3n) is 3.52. The molecule has 0 saturated heterocycles. The van der Waals surface area contributed by atoms with Crippen molar-refractivity contribution in [1.29, 1.82) is 0 Å². The van der Waals surface area contributed by atoms with Crippen LogP contribution < -0.4 is 0 Å². The van der Waals surface area contributed by atoms with Gasteiger partial charge in [0.05, 0.1) is 0 Å². The highest BCUT2D eigenvalue weighted by Crippen LogP contribution is 2.18. The van der Waals surface area contributed by atoms with E-state index in [1.165, 1.54) is 37.6 Å². The fraction of sp³-hybridized carbons (Fsp3) is 0.368. The smallest absolute Gasteiger partial charge is 0.00462 e. The lowest BCUT2D eigenvalue weighted by Gasteiger charge is -2.05. The summed E-state index contributed by atoms with van der Waals surface area (Å²) in [4.78, 5) is 2.86. The molecule has 0 saturated carbocycles. The van der Waals surface area contributed by atoms with Crippen LogP contribution in [-0.4, -0.2) is 0 Å². The van der Waals surface area contributed by atoms with E-state index in [2.05, 4.69) is 78.8 Å². The van der Waals surface area contributed by atoms with Crippen LogP contribution >= 0.6 is 11.3 Å². The number of thiophene rings is 1. The molecule has 0 aliphatic rings. The molecule has 0 radical (unpaired) electrons. The van der Waals surface area contributed by atoms with Crippen LogP contribution in [0.15, 0.2) is 24.3 Å².